The summed E-state index contributed by atoms with van der Waals surface area (Å²) in [6, 6.07) is 15.3. The third kappa shape index (κ3) is 4.97. The van der Waals surface area contributed by atoms with Gasteiger partial charge in [0.1, 0.15) is 17.5 Å². The maximum atomic E-state index is 13.7. The van der Waals surface area contributed by atoms with Crippen LogP contribution < -0.4 is 10.6 Å². The van der Waals surface area contributed by atoms with Gasteiger partial charge in [-0.2, -0.15) is 4.98 Å². The van der Waals surface area contributed by atoms with E-state index in [9.17, 15) is 8.78 Å². The molecule has 1 heterocycles. The molecule has 0 bridgehead atoms. The molecule has 0 saturated carbocycles. The van der Waals surface area contributed by atoms with Crippen molar-refractivity contribution in [3.05, 3.63) is 78.0 Å². The number of hydrogen-bond donors (Lipinski definition) is 2. The van der Waals surface area contributed by atoms with Gasteiger partial charge in [-0.05, 0) is 36.6 Å². The zero-order chi connectivity index (χ0) is 17.5. The Morgan fingerprint density at radius 2 is 1.80 bits per heavy atom. The van der Waals surface area contributed by atoms with Crippen LogP contribution in [0, 0.1) is 11.6 Å². The van der Waals surface area contributed by atoms with Gasteiger partial charge in [-0.15, -0.1) is 0 Å². The van der Waals surface area contributed by atoms with E-state index in [2.05, 4.69) is 32.7 Å². The SMILES string of the molecule is Fc1ccc(Nc2nccc(NCCCc3ccccc3)n2)c(F)c1. The summed E-state index contributed by atoms with van der Waals surface area (Å²) in [5.41, 5.74) is 1.42. The molecule has 0 aliphatic carbocycles. The molecular weight excluding hydrogens is 322 g/mol. The molecule has 2 N–H and O–H groups in total. The fourth-order valence-electron chi connectivity index (χ4n) is 2.38. The second-order valence-corrected chi connectivity index (χ2v) is 5.53. The lowest BCUT2D eigenvalue weighted by molar-refractivity contribution is 0.586. The molecular formula is C19H18F2N4. The maximum absolute atomic E-state index is 13.7. The molecule has 3 aromatic rings. The standard InChI is InChI=1S/C19H18F2N4/c20-15-8-9-17(16(21)13-15)24-19-23-12-10-18(25-19)22-11-4-7-14-5-2-1-3-6-14/h1-3,5-6,8-10,12-13H,4,7,11H2,(H2,22,23,24,25). The second-order valence-electron chi connectivity index (χ2n) is 5.53. The predicted molar refractivity (Wildman–Crippen MR) is 94.9 cm³/mol. The van der Waals surface area contributed by atoms with Crippen molar-refractivity contribution >= 4 is 17.5 Å². The third-order valence-electron chi connectivity index (χ3n) is 3.62. The lowest BCUT2D eigenvalue weighted by atomic mass is 10.1. The lowest BCUT2D eigenvalue weighted by Gasteiger charge is -2.09. The topological polar surface area (TPSA) is 49.8 Å². The summed E-state index contributed by atoms with van der Waals surface area (Å²) in [6.07, 6.45) is 3.52. The molecule has 0 aliphatic heterocycles. The zero-order valence-corrected chi connectivity index (χ0v) is 13.5. The number of nitrogens with one attached hydrogen (secondary N) is 2. The van der Waals surface area contributed by atoms with Crippen LogP contribution in [0.5, 0.6) is 0 Å². The van der Waals surface area contributed by atoms with Crippen LogP contribution in [0.4, 0.5) is 26.2 Å². The molecule has 0 fully saturated rings. The van der Waals surface area contributed by atoms with Gasteiger partial charge in [-0.3, -0.25) is 0 Å². The van der Waals surface area contributed by atoms with E-state index in [4.69, 9.17) is 0 Å². The molecule has 0 atom stereocenters. The van der Waals surface area contributed by atoms with Crippen LogP contribution >= 0.6 is 0 Å². The monoisotopic (exact) mass is 340 g/mol. The Bertz CT molecular complexity index is 825. The first-order valence-corrected chi connectivity index (χ1v) is 8.03. The van der Waals surface area contributed by atoms with Crippen LogP contribution in [-0.4, -0.2) is 16.5 Å². The number of anilines is 3. The van der Waals surface area contributed by atoms with Gasteiger partial charge in [-0.1, -0.05) is 30.3 Å². The van der Waals surface area contributed by atoms with E-state index >= 15 is 0 Å². The van der Waals surface area contributed by atoms with Gasteiger partial charge >= 0.3 is 0 Å². The highest BCUT2D eigenvalue weighted by atomic mass is 19.1. The number of benzene rings is 2. The summed E-state index contributed by atoms with van der Waals surface area (Å²) >= 11 is 0. The van der Waals surface area contributed by atoms with Gasteiger partial charge < -0.3 is 10.6 Å². The van der Waals surface area contributed by atoms with Crippen LogP contribution in [0.2, 0.25) is 0 Å². The van der Waals surface area contributed by atoms with Crippen molar-refractivity contribution in [2.45, 2.75) is 12.8 Å². The molecule has 128 valence electrons. The zero-order valence-electron chi connectivity index (χ0n) is 13.5. The molecule has 0 aliphatic rings. The van der Waals surface area contributed by atoms with Crippen molar-refractivity contribution in [1.29, 1.82) is 0 Å². The smallest absolute Gasteiger partial charge is 0.229 e. The first-order valence-electron chi connectivity index (χ1n) is 8.03. The van der Waals surface area contributed by atoms with Crippen LogP contribution in [-0.2, 0) is 6.42 Å². The predicted octanol–water partition coefficient (Wildman–Crippen LogP) is 4.54. The van der Waals surface area contributed by atoms with E-state index in [1.807, 2.05) is 18.2 Å². The molecule has 3 rings (SSSR count). The number of aryl methyl sites for hydroxylation is 1. The van der Waals surface area contributed by atoms with E-state index in [0.29, 0.717) is 5.82 Å². The van der Waals surface area contributed by atoms with Gasteiger partial charge in [0.2, 0.25) is 5.95 Å². The molecule has 25 heavy (non-hydrogen) atoms. The van der Waals surface area contributed by atoms with Crippen molar-refractivity contribution < 1.29 is 8.78 Å². The summed E-state index contributed by atoms with van der Waals surface area (Å²) < 4.78 is 26.6. The quantitative estimate of drug-likeness (QED) is 0.620. The van der Waals surface area contributed by atoms with Gasteiger partial charge in [0.15, 0.2) is 0 Å². The van der Waals surface area contributed by atoms with E-state index < -0.39 is 11.6 Å². The molecule has 0 radical (unpaired) electrons. The Morgan fingerprint density at radius 3 is 2.60 bits per heavy atom. The van der Waals surface area contributed by atoms with Crippen LogP contribution in [0.15, 0.2) is 60.8 Å². The fraction of sp³-hybridized carbons (Fsp3) is 0.158. The summed E-state index contributed by atoms with van der Waals surface area (Å²) in [5.74, 6) is -0.422. The minimum absolute atomic E-state index is 0.127. The van der Waals surface area contributed by atoms with E-state index in [1.165, 1.54) is 17.7 Å². The van der Waals surface area contributed by atoms with Crippen molar-refractivity contribution in [3.63, 3.8) is 0 Å². The highest BCUT2D eigenvalue weighted by Gasteiger charge is 2.06. The summed E-state index contributed by atoms with van der Waals surface area (Å²) in [4.78, 5) is 8.33. The summed E-state index contributed by atoms with van der Waals surface area (Å²) in [6.45, 7) is 0.760. The normalized spacial score (nSPS) is 10.5. The average molecular weight is 340 g/mol. The number of nitrogens with zero attached hydrogens (tertiary/aromatic N) is 2. The highest BCUT2D eigenvalue weighted by molar-refractivity contribution is 5.55. The van der Waals surface area contributed by atoms with Gasteiger partial charge in [0.05, 0.1) is 5.69 Å². The van der Waals surface area contributed by atoms with Gasteiger partial charge in [-0.25, -0.2) is 13.8 Å². The average Bonchev–Trinajstić information content (AvgIpc) is 2.62. The largest absolute Gasteiger partial charge is 0.370 e. The Balaban J connectivity index is 1.54. The minimum Gasteiger partial charge on any atom is -0.370 e. The minimum atomic E-state index is -0.690. The van der Waals surface area contributed by atoms with Crippen molar-refractivity contribution in [2.24, 2.45) is 0 Å². The first kappa shape index (κ1) is 16.8. The third-order valence-corrected chi connectivity index (χ3v) is 3.62. The van der Waals surface area contributed by atoms with E-state index in [-0.39, 0.29) is 11.6 Å². The Morgan fingerprint density at radius 1 is 0.960 bits per heavy atom. The Kier molecular flexibility index (Phi) is 5.51. The van der Waals surface area contributed by atoms with Crippen LogP contribution in [0.25, 0.3) is 0 Å². The first-order chi connectivity index (χ1) is 12.2. The van der Waals surface area contributed by atoms with Crippen molar-refractivity contribution in [3.8, 4) is 0 Å². The number of rotatable bonds is 7. The fourth-order valence-corrected chi connectivity index (χ4v) is 2.38. The molecule has 0 spiro atoms. The molecule has 0 unspecified atom stereocenters. The van der Waals surface area contributed by atoms with Crippen LogP contribution in [0.1, 0.15) is 12.0 Å². The van der Waals surface area contributed by atoms with E-state index in [0.717, 1.165) is 25.5 Å². The Hall–Kier alpha value is -3.02. The second kappa shape index (κ2) is 8.19. The molecule has 2 aromatic carbocycles. The highest BCUT2D eigenvalue weighted by Crippen LogP contribution is 2.19. The molecule has 4 nitrogen and oxygen atoms in total. The summed E-state index contributed by atoms with van der Waals surface area (Å²) in [5, 5.41) is 5.97. The molecule has 1 aromatic heterocycles. The maximum Gasteiger partial charge on any atom is 0.229 e. The van der Waals surface area contributed by atoms with Gasteiger partial charge in [0.25, 0.3) is 0 Å². The summed E-state index contributed by atoms with van der Waals surface area (Å²) in [7, 11) is 0. The Labute approximate surface area is 145 Å². The number of aromatic nitrogens is 2. The van der Waals surface area contributed by atoms with Crippen LogP contribution in [0.3, 0.4) is 0 Å². The molecule has 0 saturated heterocycles. The van der Waals surface area contributed by atoms with Crippen molar-refractivity contribution in [1.82, 2.24) is 9.97 Å². The molecule has 0 amide bonds. The van der Waals surface area contributed by atoms with Crippen molar-refractivity contribution in [2.75, 3.05) is 17.2 Å². The number of hydrogen-bond acceptors (Lipinski definition) is 4. The molecule has 6 heteroatoms. The number of halogens is 2. The van der Waals surface area contributed by atoms with E-state index in [1.54, 1.807) is 12.3 Å². The van der Waals surface area contributed by atoms with Gasteiger partial charge in [0, 0.05) is 18.8 Å². The lowest BCUT2D eigenvalue weighted by Crippen LogP contribution is -2.07.